The number of halogens is 1. The highest BCUT2D eigenvalue weighted by Gasteiger charge is 2.32. The number of nitrogens with zero attached hydrogens (tertiary/aromatic N) is 3. The number of hydrogen-bond donors (Lipinski definition) is 1. The molecule has 0 fully saturated rings. The first-order chi connectivity index (χ1) is 12.8. The molecule has 2 rings (SSSR count). The van der Waals surface area contributed by atoms with Gasteiger partial charge in [0.15, 0.2) is 5.69 Å². The number of nitrogens with one attached hydrogen (secondary N) is 1. The van der Waals surface area contributed by atoms with Gasteiger partial charge >= 0.3 is 11.9 Å². The van der Waals surface area contributed by atoms with Gasteiger partial charge in [-0.1, -0.05) is 29.8 Å². The SMILES string of the molecule is CC[C@H](C(=O)Nc1cc(Cl)ccc1C)n1nnc(C(=O)OC)c1C(=O)OC. The summed E-state index contributed by atoms with van der Waals surface area (Å²) in [6.45, 7) is 3.55. The fourth-order valence-corrected chi connectivity index (χ4v) is 2.62. The predicted octanol–water partition coefficient (Wildman–Crippen LogP) is 2.40. The Kier molecular flexibility index (Phi) is 6.51. The fourth-order valence-electron chi connectivity index (χ4n) is 2.45. The number of rotatable bonds is 6. The third-order valence-corrected chi connectivity index (χ3v) is 4.13. The highest BCUT2D eigenvalue weighted by Crippen LogP contribution is 2.23. The van der Waals surface area contributed by atoms with Crippen molar-refractivity contribution >= 4 is 35.1 Å². The molecule has 0 unspecified atom stereocenters. The van der Waals surface area contributed by atoms with Gasteiger partial charge in [0.1, 0.15) is 6.04 Å². The van der Waals surface area contributed by atoms with E-state index in [4.69, 9.17) is 16.3 Å². The van der Waals surface area contributed by atoms with Crippen LogP contribution in [-0.2, 0) is 14.3 Å². The van der Waals surface area contributed by atoms with Crippen LogP contribution in [-0.4, -0.2) is 47.1 Å². The Hall–Kier alpha value is -2.94. The molecule has 0 saturated carbocycles. The molecule has 2 aromatic rings. The van der Waals surface area contributed by atoms with Crippen LogP contribution >= 0.6 is 11.6 Å². The molecule has 0 bridgehead atoms. The van der Waals surface area contributed by atoms with E-state index in [2.05, 4.69) is 20.4 Å². The quantitative estimate of drug-likeness (QED) is 0.748. The average Bonchev–Trinajstić information content (AvgIpc) is 3.08. The normalized spacial score (nSPS) is 11.6. The van der Waals surface area contributed by atoms with Gasteiger partial charge in [-0.25, -0.2) is 14.3 Å². The zero-order valence-corrected chi connectivity index (χ0v) is 16.0. The molecule has 0 aliphatic heterocycles. The minimum atomic E-state index is -0.914. The van der Waals surface area contributed by atoms with E-state index < -0.39 is 23.9 Å². The van der Waals surface area contributed by atoms with Crippen molar-refractivity contribution in [1.29, 1.82) is 0 Å². The summed E-state index contributed by atoms with van der Waals surface area (Å²) in [5, 5.41) is 10.7. The molecule has 1 aromatic carbocycles. The summed E-state index contributed by atoms with van der Waals surface area (Å²) in [6, 6.07) is 4.18. The lowest BCUT2D eigenvalue weighted by molar-refractivity contribution is -0.119. The molecule has 1 N–H and O–H groups in total. The summed E-state index contributed by atoms with van der Waals surface area (Å²) in [5.74, 6) is -2.16. The zero-order chi connectivity index (χ0) is 20.1. The van der Waals surface area contributed by atoms with Gasteiger partial charge in [-0.15, -0.1) is 5.10 Å². The van der Waals surface area contributed by atoms with Crippen molar-refractivity contribution in [3.05, 3.63) is 40.2 Å². The van der Waals surface area contributed by atoms with Crippen LogP contribution in [0.5, 0.6) is 0 Å². The van der Waals surface area contributed by atoms with Crippen LogP contribution in [0.15, 0.2) is 18.2 Å². The number of ether oxygens (including phenoxy) is 2. The second-order valence-electron chi connectivity index (χ2n) is 5.59. The Bertz CT molecular complexity index is 880. The van der Waals surface area contributed by atoms with E-state index in [0.29, 0.717) is 10.7 Å². The highest BCUT2D eigenvalue weighted by atomic mass is 35.5. The maximum Gasteiger partial charge on any atom is 0.361 e. The molecule has 144 valence electrons. The van der Waals surface area contributed by atoms with Crippen molar-refractivity contribution in [3.8, 4) is 0 Å². The number of carbonyl (C=O) groups excluding carboxylic acids is 3. The van der Waals surface area contributed by atoms with Crippen LogP contribution in [0.4, 0.5) is 5.69 Å². The number of aromatic nitrogens is 3. The molecule has 1 aromatic heterocycles. The smallest absolute Gasteiger partial charge is 0.361 e. The Balaban J connectivity index is 2.43. The lowest BCUT2D eigenvalue weighted by Crippen LogP contribution is -2.29. The Morgan fingerprint density at radius 1 is 1.22 bits per heavy atom. The van der Waals surface area contributed by atoms with E-state index in [1.54, 1.807) is 25.1 Å². The summed E-state index contributed by atoms with van der Waals surface area (Å²) in [5.41, 5.74) is 0.757. The zero-order valence-electron chi connectivity index (χ0n) is 15.3. The van der Waals surface area contributed by atoms with Crippen molar-refractivity contribution in [2.75, 3.05) is 19.5 Å². The molecule has 9 nitrogen and oxygen atoms in total. The topological polar surface area (TPSA) is 112 Å². The third kappa shape index (κ3) is 4.25. The first-order valence-electron chi connectivity index (χ1n) is 8.02. The number of methoxy groups -OCH3 is 2. The molecule has 0 aliphatic carbocycles. The molecule has 1 atom stereocenters. The van der Waals surface area contributed by atoms with E-state index in [-0.39, 0.29) is 17.8 Å². The Labute approximate surface area is 160 Å². The molecule has 0 aliphatic rings. The van der Waals surface area contributed by atoms with Gasteiger partial charge in [-0.2, -0.15) is 0 Å². The molecule has 0 spiro atoms. The van der Waals surface area contributed by atoms with Crippen LogP contribution in [0, 0.1) is 6.92 Å². The molecular weight excluding hydrogens is 376 g/mol. The number of hydrogen-bond acceptors (Lipinski definition) is 7. The van der Waals surface area contributed by atoms with Crippen LogP contribution in [0.2, 0.25) is 5.02 Å². The first-order valence-corrected chi connectivity index (χ1v) is 8.40. The van der Waals surface area contributed by atoms with Crippen molar-refractivity contribution < 1.29 is 23.9 Å². The second-order valence-corrected chi connectivity index (χ2v) is 6.02. The van der Waals surface area contributed by atoms with E-state index >= 15 is 0 Å². The third-order valence-electron chi connectivity index (χ3n) is 3.89. The standard InChI is InChI=1S/C17H19ClN4O5/c1-5-12(15(23)19-11-8-10(18)7-6-9(11)2)22-14(17(25)27-4)13(20-21-22)16(24)26-3/h6-8,12H,5H2,1-4H3,(H,19,23)/t12-/m1/s1. The minimum absolute atomic E-state index is 0.255. The van der Waals surface area contributed by atoms with Crippen molar-refractivity contribution in [1.82, 2.24) is 15.0 Å². The summed E-state index contributed by atoms with van der Waals surface area (Å²) in [7, 11) is 2.30. The van der Waals surface area contributed by atoms with Crippen LogP contribution in [0.25, 0.3) is 0 Å². The van der Waals surface area contributed by atoms with E-state index in [1.165, 1.54) is 0 Å². The number of esters is 2. The minimum Gasteiger partial charge on any atom is -0.464 e. The van der Waals surface area contributed by atoms with Crippen LogP contribution in [0.1, 0.15) is 45.9 Å². The summed E-state index contributed by atoms with van der Waals surface area (Å²) in [4.78, 5) is 36.8. The molecule has 0 saturated heterocycles. The summed E-state index contributed by atoms with van der Waals surface area (Å²) in [6.07, 6.45) is 0.277. The lowest BCUT2D eigenvalue weighted by atomic mass is 10.1. The second kappa shape index (κ2) is 8.63. The monoisotopic (exact) mass is 394 g/mol. The van der Waals surface area contributed by atoms with Gasteiger partial charge in [0.25, 0.3) is 0 Å². The molecule has 27 heavy (non-hydrogen) atoms. The maximum atomic E-state index is 12.8. The predicted molar refractivity (Wildman–Crippen MR) is 96.8 cm³/mol. The van der Waals surface area contributed by atoms with Gasteiger partial charge < -0.3 is 14.8 Å². The first kappa shape index (κ1) is 20.4. The molecule has 10 heteroatoms. The molecular formula is C17H19ClN4O5. The number of anilines is 1. The number of amides is 1. The fraction of sp³-hybridized carbons (Fsp3) is 0.353. The van der Waals surface area contributed by atoms with Crippen LogP contribution < -0.4 is 5.32 Å². The molecule has 1 amide bonds. The van der Waals surface area contributed by atoms with Crippen LogP contribution in [0.3, 0.4) is 0 Å². The average molecular weight is 395 g/mol. The molecule has 0 radical (unpaired) electrons. The summed E-state index contributed by atoms with van der Waals surface area (Å²) < 4.78 is 10.4. The van der Waals surface area contributed by atoms with Gasteiger partial charge in [-0.05, 0) is 31.0 Å². The highest BCUT2D eigenvalue weighted by molar-refractivity contribution is 6.31. The maximum absolute atomic E-state index is 12.8. The number of carbonyl (C=O) groups is 3. The van der Waals surface area contributed by atoms with E-state index in [9.17, 15) is 14.4 Å². The Morgan fingerprint density at radius 3 is 2.48 bits per heavy atom. The van der Waals surface area contributed by atoms with Gasteiger partial charge in [0.2, 0.25) is 11.6 Å². The van der Waals surface area contributed by atoms with Gasteiger partial charge in [-0.3, -0.25) is 4.79 Å². The lowest BCUT2D eigenvalue weighted by Gasteiger charge is -2.18. The number of aryl methyl sites for hydroxylation is 1. The van der Waals surface area contributed by atoms with E-state index in [0.717, 1.165) is 24.5 Å². The van der Waals surface area contributed by atoms with Crippen molar-refractivity contribution in [3.63, 3.8) is 0 Å². The number of benzene rings is 1. The van der Waals surface area contributed by atoms with Crippen molar-refractivity contribution in [2.45, 2.75) is 26.3 Å². The van der Waals surface area contributed by atoms with E-state index in [1.807, 2.05) is 6.92 Å². The largest absolute Gasteiger partial charge is 0.464 e. The summed E-state index contributed by atoms with van der Waals surface area (Å²) >= 11 is 5.98. The molecule has 1 heterocycles. The van der Waals surface area contributed by atoms with Gasteiger partial charge in [0.05, 0.1) is 14.2 Å². The van der Waals surface area contributed by atoms with Crippen molar-refractivity contribution in [2.24, 2.45) is 0 Å². The Morgan fingerprint density at radius 2 is 1.89 bits per heavy atom. The van der Waals surface area contributed by atoms with Gasteiger partial charge in [0, 0.05) is 10.7 Å².